The average molecular weight is 546 g/mol. The summed E-state index contributed by atoms with van der Waals surface area (Å²) in [4.78, 5) is 28.3. The molecule has 0 fully saturated rings. The maximum absolute atomic E-state index is 12.7. The second-order valence-electron chi connectivity index (χ2n) is 9.22. The van der Waals surface area contributed by atoms with Gasteiger partial charge in [-0.3, -0.25) is 10.1 Å². The van der Waals surface area contributed by atoms with Gasteiger partial charge in [0.2, 0.25) is 11.9 Å². The number of furan rings is 1. The van der Waals surface area contributed by atoms with Gasteiger partial charge in [-0.05, 0) is 48.9 Å². The van der Waals surface area contributed by atoms with Gasteiger partial charge in [0.05, 0.1) is 23.2 Å². The summed E-state index contributed by atoms with van der Waals surface area (Å²) in [5, 5.41) is 5.98. The molecule has 5 rings (SSSR count). The minimum atomic E-state index is -3.16. The predicted octanol–water partition coefficient (Wildman–Crippen LogP) is 4.57. The number of sulfone groups is 1. The third-order valence-electron chi connectivity index (χ3n) is 6.14. The fourth-order valence-corrected chi connectivity index (χ4v) is 5.02. The zero-order chi connectivity index (χ0) is 27.7. The van der Waals surface area contributed by atoms with Crippen LogP contribution >= 0.6 is 0 Å². The second kappa shape index (κ2) is 10.2. The predicted molar refractivity (Wildman–Crippen MR) is 150 cm³/mol. The van der Waals surface area contributed by atoms with Crippen molar-refractivity contribution in [2.75, 3.05) is 28.8 Å². The van der Waals surface area contributed by atoms with Crippen LogP contribution in [0.5, 0.6) is 0 Å². The number of amides is 1. The molecular weight excluding hydrogens is 518 g/mol. The maximum Gasteiger partial charge on any atom is 0.293 e. The molecule has 0 saturated heterocycles. The molecule has 0 saturated carbocycles. The van der Waals surface area contributed by atoms with Crippen molar-refractivity contribution in [2.24, 2.45) is 7.05 Å². The fraction of sp³-hybridized carbons (Fsp3) is 0.185. The Balaban J connectivity index is 1.41. The van der Waals surface area contributed by atoms with Crippen LogP contribution in [0.4, 0.5) is 29.1 Å². The number of hydrogen-bond acceptors (Lipinski definition) is 9. The van der Waals surface area contributed by atoms with Crippen LogP contribution < -0.4 is 15.5 Å². The second-order valence-corrected chi connectivity index (χ2v) is 11.4. The average Bonchev–Trinajstić information content (AvgIpc) is 3.46. The number of nitrogens with zero attached hydrogens (tertiary/aromatic N) is 5. The molecule has 2 aromatic carbocycles. The summed E-state index contributed by atoms with van der Waals surface area (Å²) in [6.45, 7) is 1.80. The fourth-order valence-electron chi connectivity index (χ4n) is 4.24. The molecule has 0 unspecified atom stereocenters. The van der Waals surface area contributed by atoms with Crippen molar-refractivity contribution in [1.82, 2.24) is 19.5 Å². The number of para-hydroxylation sites is 1. The van der Waals surface area contributed by atoms with E-state index in [0.717, 1.165) is 16.8 Å². The molecule has 0 bridgehead atoms. The van der Waals surface area contributed by atoms with Gasteiger partial charge in [-0.2, -0.15) is 4.98 Å². The Kier molecular flexibility index (Phi) is 6.79. The van der Waals surface area contributed by atoms with E-state index in [2.05, 4.69) is 20.6 Å². The Bertz CT molecular complexity index is 1790. The first-order chi connectivity index (χ1) is 18.6. The number of carbonyl (C=O) groups excluding carboxylic acids is 1. The number of aryl methyl sites for hydroxylation is 2. The molecule has 0 radical (unpaired) electrons. The lowest BCUT2D eigenvalue weighted by Crippen LogP contribution is -2.15. The van der Waals surface area contributed by atoms with Gasteiger partial charge in [0.25, 0.3) is 5.91 Å². The third-order valence-corrected chi connectivity index (χ3v) is 7.00. The van der Waals surface area contributed by atoms with Crippen molar-refractivity contribution < 1.29 is 17.6 Å². The summed E-state index contributed by atoms with van der Waals surface area (Å²) < 4.78 is 30.5. The van der Waals surface area contributed by atoms with E-state index in [9.17, 15) is 13.2 Å². The van der Waals surface area contributed by atoms with Crippen molar-refractivity contribution in [3.63, 3.8) is 0 Å². The van der Waals surface area contributed by atoms with Crippen molar-refractivity contribution >= 4 is 55.9 Å². The van der Waals surface area contributed by atoms with E-state index in [1.54, 1.807) is 48.0 Å². The number of rotatable bonds is 8. The Morgan fingerprint density at radius 3 is 2.64 bits per heavy atom. The monoisotopic (exact) mass is 545 g/mol. The number of fused-ring (bicyclic) bond motifs is 1. The van der Waals surface area contributed by atoms with Gasteiger partial charge in [0.1, 0.15) is 11.3 Å². The lowest BCUT2D eigenvalue weighted by Gasteiger charge is -2.19. The van der Waals surface area contributed by atoms with Gasteiger partial charge in [0.15, 0.2) is 15.6 Å². The highest BCUT2D eigenvalue weighted by atomic mass is 32.2. The number of aromatic nitrogens is 4. The van der Waals surface area contributed by atoms with Gasteiger partial charge in [0, 0.05) is 37.8 Å². The Morgan fingerprint density at radius 2 is 1.90 bits per heavy atom. The first kappa shape index (κ1) is 25.9. The maximum atomic E-state index is 12.7. The summed E-state index contributed by atoms with van der Waals surface area (Å²) in [5.74, 6) is 1.15. The topological polar surface area (TPSA) is 135 Å². The van der Waals surface area contributed by atoms with Crippen molar-refractivity contribution in [3.8, 4) is 0 Å². The van der Waals surface area contributed by atoms with Crippen LogP contribution in [0, 0.1) is 6.92 Å². The van der Waals surface area contributed by atoms with E-state index in [1.165, 1.54) is 12.5 Å². The molecule has 1 amide bonds. The number of imidazole rings is 1. The Hall–Kier alpha value is -4.71. The SMILES string of the molecule is Cc1ccoc1C(=O)Nc1nc2c(N(C)c3ccnc(Nc4cccc(CS(C)(=O)=O)c4)n3)cccc2n1C. The van der Waals surface area contributed by atoms with E-state index < -0.39 is 9.84 Å². The third kappa shape index (κ3) is 5.60. The first-order valence-electron chi connectivity index (χ1n) is 12.0. The molecular formula is C27H27N7O4S. The number of hydrogen-bond donors (Lipinski definition) is 2. The van der Waals surface area contributed by atoms with Gasteiger partial charge >= 0.3 is 0 Å². The molecule has 0 aliphatic rings. The highest BCUT2D eigenvalue weighted by Gasteiger charge is 2.19. The molecule has 0 atom stereocenters. The van der Waals surface area contributed by atoms with Crippen LogP contribution in [0.3, 0.4) is 0 Å². The van der Waals surface area contributed by atoms with Crippen LogP contribution in [0.1, 0.15) is 21.7 Å². The quantitative estimate of drug-likeness (QED) is 0.287. The molecule has 0 aliphatic heterocycles. The number of nitrogens with one attached hydrogen (secondary N) is 2. The van der Waals surface area contributed by atoms with Crippen LogP contribution in [0.25, 0.3) is 11.0 Å². The molecule has 200 valence electrons. The van der Waals surface area contributed by atoms with Crippen molar-refractivity contribution in [2.45, 2.75) is 12.7 Å². The Morgan fingerprint density at radius 1 is 1.10 bits per heavy atom. The standard InChI is InChI=1S/C27H27N7O4S/c1-17-12-14-38-24(17)25(35)32-27-31-23-20(9-6-10-21(23)34(27)3)33(2)22-11-13-28-26(30-22)29-19-8-5-7-18(15-19)16-39(4,36)37/h5-15H,16H2,1-4H3,(H,28,29,30)(H,31,32,35). The van der Waals surface area contributed by atoms with E-state index >= 15 is 0 Å². The van der Waals surface area contributed by atoms with Gasteiger partial charge in [-0.15, -0.1) is 0 Å². The summed E-state index contributed by atoms with van der Waals surface area (Å²) >= 11 is 0. The molecule has 2 N–H and O–H groups in total. The van der Waals surface area contributed by atoms with E-state index in [4.69, 9.17) is 9.40 Å². The highest BCUT2D eigenvalue weighted by Crippen LogP contribution is 2.32. The minimum Gasteiger partial charge on any atom is -0.459 e. The van der Waals surface area contributed by atoms with E-state index in [1.807, 2.05) is 43.3 Å². The van der Waals surface area contributed by atoms with Crippen LogP contribution in [0.2, 0.25) is 0 Å². The number of benzene rings is 2. The smallest absolute Gasteiger partial charge is 0.293 e. The first-order valence-corrected chi connectivity index (χ1v) is 14.1. The summed E-state index contributed by atoms with van der Waals surface area (Å²) in [6, 6.07) is 16.4. The van der Waals surface area contributed by atoms with Gasteiger partial charge < -0.3 is 19.2 Å². The zero-order valence-corrected chi connectivity index (χ0v) is 22.7. The van der Waals surface area contributed by atoms with Crippen molar-refractivity contribution in [3.05, 3.63) is 83.9 Å². The van der Waals surface area contributed by atoms with Gasteiger partial charge in [-0.25, -0.2) is 18.4 Å². The number of anilines is 5. The molecule has 0 aliphatic carbocycles. The summed E-state index contributed by atoms with van der Waals surface area (Å²) in [7, 11) is 0.539. The van der Waals surface area contributed by atoms with Crippen molar-refractivity contribution in [1.29, 1.82) is 0 Å². The molecule has 5 aromatic rings. The lowest BCUT2D eigenvalue weighted by molar-refractivity contribution is 0.0994. The lowest BCUT2D eigenvalue weighted by atomic mass is 10.2. The molecule has 11 nitrogen and oxygen atoms in total. The molecule has 3 aromatic heterocycles. The molecule has 0 spiro atoms. The largest absolute Gasteiger partial charge is 0.459 e. The van der Waals surface area contributed by atoms with E-state index in [-0.39, 0.29) is 17.4 Å². The van der Waals surface area contributed by atoms with Crippen LogP contribution in [-0.4, -0.2) is 47.1 Å². The minimum absolute atomic E-state index is 0.0518. The number of carbonyl (C=O) groups is 1. The van der Waals surface area contributed by atoms with E-state index in [0.29, 0.717) is 34.5 Å². The van der Waals surface area contributed by atoms with Gasteiger partial charge in [-0.1, -0.05) is 18.2 Å². The molecule has 12 heteroatoms. The summed E-state index contributed by atoms with van der Waals surface area (Å²) in [5.41, 5.74) is 4.36. The molecule has 3 heterocycles. The molecule has 39 heavy (non-hydrogen) atoms. The Labute approximate surface area is 225 Å². The highest BCUT2D eigenvalue weighted by molar-refractivity contribution is 7.89. The summed E-state index contributed by atoms with van der Waals surface area (Å²) in [6.07, 6.45) is 4.31. The normalized spacial score (nSPS) is 11.5. The van der Waals surface area contributed by atoms with Crippen LogP contribution in [-0.2, 0) is 22.6 Å². The zero-order valence-electron chi connectivity index (χ0n) is 21.8. The van der Waals surface area contributed by atoms with Crippen LogP contribution in [0.15, 0.2) is 71.5 Å².